The number of ether oxygens (including phenoxy) is 2. The topological polar surface area (TPSA) is 150 Å². The molecule has 11 heteroatoms. The molecule has 3 heterocycles. The van der Waals surface area contributed by atoms with Crippen molar-refractivity contribution in [3.05, 3.63) is 12.7 Å². The zero-order valence-corrected chi connectivity index (χ0v) is 14.3. The highest BCUT2D eigenvalue weighted by atomic mass is 16.6. The van der Waals surface area contributed by atoms with Crippen LogP contribution in [0.25, 0.3) is 11.2 Å². The van der Waals surface area contributed by atoms with E-state index in [2.05, 4.69) is 25.5 Å². The lowest BCUT2D eigenvalue weighted by molar-refractivity contribution is -0.0463. The first-order valence-electron chi connectivity index (χ1n) is 8.31. The minimum atomic E-state index is -0.798. The zero-order valence-electron chi connectivity index (χ0n) is 14.3. The first-order chi connectivity index (χ1) is 12.6. The molecule has 0 bridgehead atoms. The number of nitrogen functional groups attached to an aromatic ring is 1. The second-order valence-electron chi connectivity index (χ2n) is 5.83. The lowest BCUT2D eigenvalue weighted by atomic mass is 10.2. The van der Waals surface area contributed by atoms with Gasteiger partial charge in [-0.25, -0.2) is 25.2 Å². The summed E-state index contributed by atoms with van der Waals surface area (Å²) in [6.07, 6.45) is 3.80. The summed E-state index contributed by atoms with van der Waals surface area (Å²) in [7, 11) is 0. The molecule has 0 aromatic carbocycles. The fourth-order valence-corrected chi connectivity index (χ4v) is 2.60. The van der Waals surface area contributed by atoms with E-state index in [1.54, 1.807) is 10.8 Å². The Kier molecular flexibility index (Phi) is 5.58. The predicted molar refractivity (Wildman–Crippen MR) is 92.2 cm³/mol. The molecule has 11 nitrogen and oxygen atoms in total. The van der Waals surface area contributed by atoms with Gasteiger partial charge in [-0.1, -0.05) is 13.3 Å². The first-order valence-corrected chi connectivity index (χ1v) is 8.31. The number of hydrogen-bond acceptors (Lipinski definition) is 9. The number of nitrogens with one attached hydrogen (secondary N) is 1. The van der Waals surface area contributed by atoms with Gasteiger partial charge in [-0.15, -0.1) is 0 Å². The molecular weight excluding hydrogens is 342 g/mol. The molecule has 1 amide bonds. The van der Waals surface area contributed by atoms with E-state index in [9.17, 15) is 9.90 Å². The predicted octanol–water partition coefficient (Wildman–Crippen LogP) is 0.569. The highest BCUT2D eigenvalue weighted by molar-refractivity contribution is 5.81. The van der Waals surface area contributed by atoms with Crippen LogP contribution in [0.1, 0.15) is 32.4 Å². The number of nitrogens with two attached hydrogens (primary N) is 1. The fourth-order valence-electron chi connectivity index (χ4n) is 2.60. The maximum absolute atomic E-state index is 11.6. The van der Waals surface area contributed by atoms with Gasteiger partial charge < -0.3 is 20.3 Å². The summed E-state index contributed by atoms with van der Waals surface area (Å²) < 4.78 is 12.5. The standard InChI is InChI=1S/C15H21N7O4/c1-2-3-4-20-21-15(24)25-6-10-9(23)5-11(26-10)22-8-19-12-13(16)17-7-18-14(12)22/h4,7-11,23H,2-3,5-6H2,1H3,(H,21,24)(H2,16,17,18)/b20-4+/t9-,10+,11+/m0/s1. The number of rotatable bonds is 6. The van der Waals surface area contributed by atoms with Gasteiger partial charge in [0.15, 0.2) is 11.5 Å². The number of carbonyl (C=O) groups excluding carboxylic acids is 1. The number of imidazole rings is 1. The van der Waals surface area contributed by atoms with Crippen LogP contribution in [0.3, 0.4) is 0 Å². The van der Waals surface area contributed by atoms with E-state index in [-0.39, 0.29) is 12.4 Å². The van der Waals surface area contributed by atoms with Gasteiger partial charge in [0.25, 0.3) is 0 Å². The van der Waals surface area contributed by atoms with Gasteiger partial charge in [-0.05, 0) is 6.42 Å². The second kappa shape index (κ2) is 8.06. The molecule has 3 rings (SSSR count). The number of hydrogen-bond donors (Lipinski definition) is 3. The Balaban J connectivity index is 1.57. The van der Waals surface area contributed by atoms with E-state index in [4.69, 9.17) is 15.2 Å². The number of nitrogens with zero attached hydrogens (tertiary/aromatic N) is 5. The summed E-state index contributed by atoms with van der Waals surface area (Å²) in [6.45, 7) is 1.90. The van der Waals surface area contributed by atoms with Gasteiger partial charge in [-0.3, -0.25) is 4.57 Å². The van der Waals surface area contributed by atoms with E-state index in [0.29, 0.717) is 17.6 Å². The minimum absolute atomic E-state index is 0.101. The van der Waals surface area contributed by atoms with Crippen LogP contribution in [0, 0.1) is 0 Å². The summed E-state index contributed by atoms with van der Waals surface area (Å²) >= 11 is 0. The van der Waals surface area contributed by atoms with Crippen LogP contribution >= 0.6 is 0 Å². The lowest BCUT2D eigenvalue weighted by Crippen LogP contribution is -2.30. The average Bonchev–Trinajstić information content (AvgIpc) is 3.21. The van der Waals surface area contributed by atoms with Gasteiger partial charge in [0, 0.05) is 12.6 Å². The normalized spacial score (nSPS) is 22.9. The maximum atomic E-state index is 11.6. The van der Waals surface area contributed by atoms with Crippen LogP contribution in [-0.4, -0.2) is 55.7 Å². The molecule has 0 unspecified atom stereocenters. The van der Waals surface area contributed by atoms with E-state index in [1.807, 2.05) is 6.92 Å². The van der Waals surface area contributed by atoms with E-state index < -0.39 is 24.5 Å². The number of aliphatic hydroxyl groups is 1. The van der Waals surface area contributed by atoms with Gasteiger partial charge in [0.05, 0.1) is 12.4 Å². The van der Waals surface area contributed by atoms with Crippen LogP contribution in [0.5, 0.6) is 0 Å². The van der Waals surface area contributed by atoms with Crippen LogP contribution < -0.4 is 11.2 Å². The Bertz CT molecular complexity index is 793. The third-order valence-electron chi connectivity index (χ3n) is 3.95. The SMILES string of the molecule is CCC/C=N/NC(=O)OC[C@H]1O[C@@H](n2cnc3c(N)ncnc32)C[C@@H]1O. The number of aromatic nitrogens is 4. The first kappa shape index (κ1) is 18.0. The molecule has 0 radical (unpaired) electrons. The molecule has 4 N–H and O–H groups in total. The van der Waals surface area contributed by atoms with Crippen molar-refractivity contribution < 1.29 is 19.4 Å². The van der Waals surface area contributed by atoms with Crippen molar-refractivity contribution >= 4 is 29.3 Å². The summed E-state index contributed by atoms with van der Waals surface area (Å²) in [5.41, 5.74) is 9.00. The van der Waals surface area contributed by atoms with Crippen LogP contribution in [-0.2, 0) is 9.47 Å². The summed E-state index contributed by atoms with van der Waals surface area (Å²) in [4.78, 5) is 23.8. The summed E-state index contributed by atoms with van der Waals surface area (Å²) in [5.74, 6) is 0.271. The lowest BCUT2D eigenvalue weighted by Gasteiger charge is -2.15. The third kappa shape index (κ3) is 3.89. The Labute approximate surface area is 149 Å². The van der Waals surface area contributed by atoms with E-state index in [1.165, 1.54) is 12.7 Å². The highest BCUT2D eigenvalue weighted by Gasteiger charge is 2.36. The molecule has 140 valence electrons. The maximum Gasteiger partial charge on any atom is 0.427 e. The second-order valence-corrected chi connectivity index (χ2v) is 5.83. The van der Waals surface area contributed by atoms with Crippen molar-refractivity contribution in [3.63, 3.8) is 0 Å². The van der Waals surface area contributed by atoms with E-state index >= 15 is 0 Å². The summed E-state index contributed by atoms with van der Waals surface area (Å²) in [6, 6.07) is 0. The molecular formula is C15H21N7O4. The van der Waals surface area contributed by atoms with Crippen LogP contribution in [0.15, 0.2) is 17.8 Å². The molecule has 26 heavy (non-hydrogen) atoms. The molecule has 1 aliphatic rings. The number of unbranched alkanes of at least 4 members (excludes halogenated alkanes) is 1. The zero-order chi connectivity index (χ0) is 18.5. The minimum Gasteiger partial charge on any atom is -0.445 e. The molecule has 1 fully saturated rings. The number of aliphatic hydroxyl groups excluding tert-OH is 1. The van der Waals surface area contributed by atoms with Gasteiger partial charge in [0.1, 0.15) is 30.8 Å². The largest absolute Gasteiger partial charge is 0.445 e. The molecule has 1 saturated heterocycles. The monoisotopic (exact) mass is 363 g/mol. The quantitative estimate of drug-likeness (QED) is 0.498. The van der Waals surface area contributed by atoms with Crippen molar-refractivity contribution in [1.82, 2.24) is 24.9 Å². The van der Waals surface area contributed by atoms with Crippen molar-refractivity contribution in [1.29, 1.82) is 0 Å². The van der Waals surface area contributed by atoms with Crippen molar-refractivity contribution in [2.45, 2.75) is 44.6 Å². The Morgan fingerprint density at radius 3 is 3.23 bits per heavy atom. The van der Waals surface area contributed by atoms with Gasteiger partial charge in [-0.2, -0.15) is 5.10 Å². The van der Waals surface area contributed by atoms with Crippen molar-refractivity contribution in [2.24, 2.45) is 5.10 Å². The number of fused-ring (bicyclic) bond motifs is 1. The van der Waals surface area contributed by atoms with Crippen LogP contribution in [0.2, 0.25) is 0 Å². The fraction of sp³-hybridized carbons (Fsp3) is 0.533. The number of amides is 1. The molecule has 2 aromatic rings. The molecule has 2 aromatic heterocycles. The average molecular weight is 363 g/mol. The number of anilines is 1. The Morgan fingerprint density at radius 2 is 2.42 bits per heavy atom. The van der Waals surface area contributed by atoms with Crippen molar-refractivity contribution in [3.8, 4) is 0 Å². The third-order valence-corrected chi connectivity index (χ3v) is 3.95. The molecule has 0 saturated carbocycles. The Hall–Kier alpha value is -2.79. The van der Waals surface area contributed by atoms with Gasteiger partial charge in [0.2, 0.25) is 0 Å². The number of hydrazone groups is 1. The number of carbonyl (C=O) groups is 1. The smallest absolute Gasteiger partial charge is 0.427 e. The van der Waals surface area contributed by atoms with E-state index in [0.717, 1.165) is 12.8 Å². The molecule has 0 aliphatic carbocycles. The Morgan fingerprint density at radius 1 is 1.58 bits per heavy atom. The van der Waals surface area contributed by atoms with Crippen LogP contribution in [0.4, 0.5) is 10.6 Å². The highest BCUT2D eigenvalue weighted by Crippen LogP contribution is 2.31. The van der Waals surface area contributed by atoms with Crippen molar-refractivity contribution in [2.75, 3.05) is 12.3 Å². The molecule has 3 atom stereocenters. The summed E-state index contributed by atoms with van der Waals surface area (Å²) in [5, 5.41) is 13.9. The van der Waals surface area contributed by atoms with Gasteiger partial charge >= 0.3 is 6.09 Å². The molecule has 1 aliphatic heterocycles. The molecule has 0 spiro atoms.